The summed E-state index contributed by atoms with van der Waals surface area (Å²) in [5, 5.41) is 10.3. The maximum atomic E-state index is 14.7. The SMILES string of the molecule is C=CC1CC1(NC(=O)C1CC2CN1C(=O)C(C(C)(C)C)NC(=O)C(NC(=O)NC(C)(C)C)COCC=Cc1cccc3c1CN(C3)C(=O)O2)C(=O)NS(=O)(=O)C1CC1. The van der Waals surface area contributed by atoms with Gasteiger partial charge in [-0.2, -0.15) is 0 Å². The van der Waals surface area contributed by atoms with E-state index >= 15 is 0 Å². The second kappa shape index (κ2) is 16.0. The molecule has 316 valence electrons. The predicted octanol–water partition coefficient (Wildman–Crippen LogP) is 1.82. The zero-order valence-corrected chi connectivity index (χ0v) is 34.7. The Hall–Kier alpha value is -4.97. The molecule has 2 saturated carbocycles. The van der Waals surface area contributed by atoms with Crippen LogP contribution in [0.25, 0.3) is 6.08 Å². The molecule has 5 N–H and O–H groups in total. The van der Waals surface area contributed by atoms with Gasteiger partial charge in [-0.1, -0.05) is 57.2 Å². The van der Waals surface area contributed by atoms with Crippen LogP contribution >= 0.6 is 0 Å². The summed E-state index contributed by atoms with van der Waals surface area (Å²) in [4.78, 5) is 86.2. The van der Waals surface area contributed by atoms with Crippen molar-refractivity contribution in [1.29, 1.82) is 0 Å². The Morgan fingerprint density at radius 1 is 1.05 bits per heavy atom. The first-order valence-electron chi connectivity index (χ1n) is 19.6. The van der Waals surface area contributed by atoms with Crippen molar-refractivity contribution in [2.75, 3.05) is 19.8 Å². The first-order chi connectivity index (χ1) is 27.1. The lowest BCUT2D eigenvalue weighted by Gasteiger charge is -2.36. The van der Waals surface area contributed by atoms with Crippen LogP contribution in [0.5, 0.6) is 0 Å². The molecule has 0 aromatic heterocycles. The molecule has 0 spiro atoms. The molecule has 3 heterocycles. The number of carbonyl (C=O) groups excluding carboxylic acids is 6. The Kier molecular flexibility index (Phi) is 11.8. The van der Waals surface area contributed by atoms with Crippen LogP contribution in [0, 0.1) is 11.3 Å². The number of nitrogens with zero attached hydrogens (tertiary/aromatic N) is 2. The van der Waals surface area contributed by atoms with E-state index in [2.05, 4.69) is 32.6 Å². The number of ether oxygens (including phenoxy) is 2. The van der Waals surface area contributed by atoms with Crippen LogP contribution in [0.3, 0.4) is 0 Å². The summed E-state index contributed by atoms with van der Waals surface area (Å²) in [6, 6.07) is 1.26. The molecule has 7 amide bonds. The molecule has 3 fully saturated rings. The molecule has 58 heavy (non-hydrogen) atoms. The molecule has 5 aliphatic rings. The van der Waals surface area contributed by atoms with Gasteiger partial charge in [0.1, 0.15) is 29.8 Å². The zero-order chi connectivity index (χ0) is 42.4. The fourth-order valence-corrected chi connectivity index (χ4v) is 8.91. The molecule has 1 saturated heterocycles. The van der Waals surface area contributed by atoms with Crippen molar-refractivity contribution >= 4 is 51.9 Å². The number of amides is 7. The van der Waals surface area contributed by atoms with Crippen molar-refractivity contribution in [2.45, 2.75) is 121 Å². The van der Waals surface area contributed by atoms with E-state index in [-0.39, 0.29) is 45.7 Å². The average Bonchev–Trinajstić information content (AvgIpc) is 4.01. The molecule has 4 bridgehead atoms. The van der Waals surface area contributed by atoms with Crippen LogP contribution in [0.2, 0.25) is 0 Å². The lowest BCUT2D eigenvalue weighted by Crippen LogP contribution is -2.62. The number of hydrogen-bond acceptors (Lipinski definition) is 10. The zero-order valence-electron chi connectivity index (χ0n) is 33.9. The van der Waals surface area contributed by atoms with E-state index in [4.69, 9.17) is 9.47 Å². The molecule has 2 aliphatic carbocycles. The van der Waals surface area contributed by atoms with E-state index < -0.39 is 97.7 Å². The summed E-state index contributed by atoms with van der Waals surface area (Å²) in [5.74, 6) is -3.65. The number of nitrogens with one attached hydrogen (secondary N) is 5. The van der Waals surface area contributed by atoms with E-state index in [1.54, 1.807) is 47.6 Å². The minimum Gasteiger partial charge on any atom is -0.444 e. The summed E-state index contributed by atoms with van der Waals surface area (Å²) in [7, 11) is -3.95. The van der Waals surface area contributed by atoms with Crippen molar-refractivity contribution in [3.63, 3.8) is 0 Å². The predicted molar refractivity (Wildman–Crippen MR) is 212 cm³/mol. The van der Waals surface area contributed by atoms with Crippen molar-refractivity contribution < 1.29 is 46.7 Å². The maximum absolute atomic E-state index is 14.7. The Balaban J connectivity index is 1.32. The van der Waals surface area contributed by atoms with Crippen molar-refractivity contribution in [3.05, 3.63) is 53.6 Å². The summed E-state index contributed by atoms with van der Waals surface area (Å²) in [6.45, 7) is 14.4. The lowest BCUT2D eigenvalue weighted by atomic mass is 9.85. The number of fused-ring (bicyclic) bond motifs is 3. The van der Waals surface area contributed by atoms with Crippen molar-refractivity contribution in [3.8, 4) is 0 Å². The van der Waals surface area contributed by atoms with Crippen molar-refractivity contribution in [2.24, 2.45) is 11.3 Å². The summed E-state index contributed by atoms with van der Waals surface area (Å²) in [5.41, 5.74) is -0.530. The van der Waals surface area contributed by atoms with Gasteiger partial charge in [0.25, 0.3) is 5.91 Å². The first kappa shape index (κ1) is 42.6. The molecule has 6 unspecified atom stereocenters. The number of rotatable bonds is 7. The fraction of sp³-hybridized carbons (Fsp3) is 0.600. The standard InChI is InChI=1S/C40H55N7O10S/c1-8-25-18-40(25,35(51)45-58(54,55)27-14-15-27)43-33(49)30-17-26-20-47(30)34(50)31(38(2,3)4)42-32(48)29(41-36(52)44-39(5,6)7)22-56-16-10-13-23-11-9-12-24-19-46(21-28(23)24)37(53)57-26/h8-13,25-27,29-31H,1,14-22H2,2-7H3,(H,42,48)(H,43,49)(H,45,51)(H2,41,44,52). The minimum absolute atomic E-state index is 0.0778. The Labute approximate surface area is 339 Å². The topological polar surface area (TPSA) is 222 Å². The molecule has 6 atom stereocenters. The van der Waals surface area contributed by atoms with Gasteiger partial charge >= 0.3 is 12.1 Å². The summed E-state index contributed by atoms with van der Waals surface area (Å²) >= 11 is 0. The average molecular weight is 826 g/mol. The lowest BCUT2D eigenvalue weighted by molar-refractivity contribution is -0.145. The third kappa shape index (κ3) is 9.49. The van der Waals surface area contributed by atoms with Crippen molar-refractivity contribution in [1.82, 2.24) is 35.8 Å². The van der Waals surface area contributed by atoms with Crippen LogP contribution in [-0.2, 0) is 51.8 Å². The largest absolute Gasteiger partial charge is 0.444 e. The quantitative estimate of drug-likeness (QED) is 0.251. The Morgan fingerprint density at radius 2 is 1.78 bits per heavy atom. The van der Waals surface area contributed by atoms with Gasteiger partial charge in [0.05, 0.1) is 31.6 Å². The maximum Gasteiger partial charge on any atom is 0.410 e. The second-order valence-electron chi connectivity index (χ2n) is 17.9. The highest BCUT2D eigenvalue weighted by molar-refractivity contribution is 7.91. The van der Waals surface area contributed by atoms with E-state index in [1.165, 1.54) is 15.9 Å². The number of carbonyl (C=O) groups is 6. The van der Waals surface area contributed by atoms with Gasteiger partial charge in [0.15, 0.2) is 0 Å². The summed E-state index contributed by atoms with van der Waals surface area (Å²) in [6.07, 6.45) is 4.25. The van der Waals surface area contributed by atoms with Crippen LogP contribution in [-0.4, -0.2) is 114 Å². The van der Waals surface area contributed by atoms with Crippen LogP contribution in [0.15, 0.2) is 36.9 Å². The van der Waals surface area contributed by atoms with E-state index in [0.717, 1.165) is 16.7 Å². The second-order valence-corrected chi connectivity index (χ2v) is 19.9. The Morgan fingerprint density at radius 3 is 2.41 bits per heavy atom. The normalized spacial score (nSPS) is 28.0. The number of sulfonamides is 1. The number of urea groups is 1. The molecule has 17 nitrogen and oxygen atoms in total. The van der Waals surface area contributed by atoms with Crippen LogP contribution in [0.1, 0.15) is 83.9 Å². The monoisotopic (exact) mass is 825 g/mol. The van der Waals surface area contributed by atoms with E-state index in [1.807, 2.05) is 24.3 Å². The van der Waals surface area contributed by atoms with Gasteiger partial charge < -0.3 is 35.6 Å². The van der Waals surface area contributed by atoms with Gasteiger partial charge in [-0.15, -0.1) is 6.58 Å². The number of benzene rings is 1. The molecule has 3 aliphatic heterocycles. The molecule has 0 radical (unpaired) electrons. The highest BCUT2D eigenvalue weighted by atomic mass is 32.2. The highest BCUT2D eigenvalue weighted by Gasteiger charge is 2.62. The first-order valence-corrected chi connectivity index (χ1v) is 21.2. The van der Waals surface area contributed by atoms with Gasteiger partial charge in [-0.25, -0.2) is 18.0 Å². The minimum atomic E-state index is -3.95. The molecular weight excluding hydrogens is 771 g/mol. The number of hydrogen-bond donors (Lipinski definition) is 5. The highest BCUT2D eigenvalue weighted by Crippen LogP contribution is 2.45. The molecule has 6 rings (SSSR count). The fourth-order valence-electron chi connectivity index (χ4n) is 7.55. The molecule has 18 heteroatoms. The third-order valence-corrected chi connectivity index (χ3v) is 12.8. The van der Waals surface area contributed by atoms with Gasteiger partial charge in [0.2, 0.25) is 27.7 Å². The molecule has 1 aromatic rings. The van der Waals surface area contributed by atoms with Crippen LogP contribution in [0.4, 0.5) is 9.59 Å². The van der Waals surface area contributed by atoms with E-state index in [9.17, 15) is 37.2 Å². The third-order valence-electron chi connectivity index (χ3n) is 10.9. The van der Waals surface area contributed by atoms with Crippen LogP contribution < -0.4 is 26.0 Å². The van der Waals surface area contributed by atoms with Gasteiger partial charge in [-0.3, -0.25) is 28.8 Å². The van der Waals surface area contributed by atoms with E-state index in [0.29, 0.717) is 12.8 Å². The summed E-state index contributed by atoms with van der Waals surface area (Å²) < 4.78 is 39.5. The Bertz CT molecular complexity index is 2000. The van der Waals surface area contributed by atoms with Gasteiger partial charge in [-0.05, 0) is 62.1 Å². The smallest absolute Gasteiger partial charge is 0.410 e. The van der Waals surface area contributed by atoms with Gasteiger partial charge in [0, 0.05) is 24.4 Å². The molecular formula is C40H55N7O10S. The molecule has 1 aromatic carbocycles.